The number of carbonyl (C=O) groups is 1. The molecule has 2 rings (SSSR count). The number of nitrogens with two attached hydrogens (primary N) is 1. The normalized spacial score (nSPS) is 12.1. The molecule has 0 saturated heterocycles. The van der Waals surface area contributed by atoms with Crippen molar-refractivity contribution in [2.24, 2.45) is 5.73 Å². The fourth-order valence-corrected chi connectivity index (χ4v) is 2.26. The molecule has 0 aliphatic heterocycles. The van der Waals surface area contributed by atoms with Crippen LogP contribution in [0.5, 0.6) is 0 Å². The van der Waals surface area contributed by atoms with Crippen molar-refractivity contribution >= 4 is 22.9 Å². The zero-order chi connectivity index (χ0) is 12.3. The Hall–Kier alpha value is -1.81. The fraction of sp³-hybridized carbons (Fsp3) is 0.154. The molecule has 1 atom stereocenters. The average molecular weight is 246 g/mol. The van der Waals surface area contributed by atoms with E-state index in [4.69, 9.17) is 5.73 Å². The number of hydrogen-bond donors (Lipinski definition) is 2. The van der Waals surface area contributed by atoms with Crippen LogP contribution in [0.25, 0.3) is 0 Å². The third-order valence-corrected chi connectivity index (χ3v) is 3.23. The highest BCUT2D eigenvalue weighted by Gasteiger charge is 2.17. The molecule has 1 aromatic heterocycles. The number of amides is 1. The third-order valence-electron chi connectivity index (χ3n) is 2.52. The van der Waals surface area contributed by atoms with E-state index in [2.05, 4.69) is 5.32 Å². The van der Waals surface area contributed by atoms with Crippen LogP contribution >= 0.6 is 11.3 Å². The first-order valence-electron chi connectivity index (χ1n) is 5.31. The molecule has 3 nitrogen and oxygen atoms in total. The fourth-order valence-electron chi connectivity index (χ4n) is 1.57. The molecule has 4 heteroatoms. The van der Waals surface area contributed by atoms with Crippen LogP contribution in [0.3, 0.4) is 0 Å². The van der Waals surface area contributed by atoms with Gasteiger partial charge in [-0.2, -0.15) is 11.3 Å². The predicted octanol–water partition coefficient (Wildman–Crippen LogP) is 2.70. The largest absolute Gasteiger partial charge is 0.370 e. The van der Waals surface area contributed by atoms with Gasteiger partial charge in [0.1, 0.15) is 6.04 Å². The highest BCUT2D eigenvalue weighted by atomic mass is 32.1. The third kappa shape index (κ3) is 2.85. The monoisotopic (exact) mass is 246 g/mol. The van der Waals surface area contributed by atoms with Crippen molar-refractivity contribution in [3.63, 3.8) is 0 Å². The molecule has 0 fully saturated rings. The van der Waals surface area contributed by atoms with Crippen LogP contribution in [-0.2, 0) is 4.79 Å². The molecule has 3 N–H and O–H groups in total. The number of nitrogens with one attached hydrogen (secondary N) is 1. The van der Waals surface area contributed by atoms with E-state index in [0.29, 0.717) is 0 Å². The molecule has 17 heavy (non-hydrogen) atoms. The first kappa shape index (κ1) is 11.7. The van der Waals surface area contributed by atoms with Gasteiger partial charge in [0.2, 0.25) is 5.91 Å². The summed E-state index contributed by atoms with van der Waals surface area (Å²) in [4.78, 5) is 11.4. The van der Waals surface area contributed by atoms with Gasteiger partial charge < -0.3 is 11.1 Å². The average Bonchev–Trinajstić information content (AvgIpc) is 2.81. The van der Waals surface area contributed by atoms with E-state index in [1.54, 1.807) is 11.3 Å². The van der Waals surface area contributed by atoms with E-state index >= 15 is 0 Å². The van der Waals surface area contributed by atoms with Crippen molar-refractivity contribution < 1.29 is 4.79 Å². The van der Waals surface area contributed by atoms with Gasteiger partial charge in [-0.25, -0.2) is 0 Å². The zero-order valence-electron chi connectivity index (χ0n) is 9.51. The van der Waals surface area contributed by atoms with Crippen LogP contribution in [0.15, 0.2) is 41.1 Å². The lowest BCUT2D eigenvalue weighted by atomic mass is 10.1. The SMILES string of the molecule is Cc1ccc(NC(C(N)=O)c2ccsc2)cc1. The first-order valence-corrected chi connectivity index (χ1v) is 6.26. The van der Waals surface area contributed by atoms with Crippen molar-refractivity contribution in [1.82, 2.24) is 0 Å². The predicted molar refractivity (Wildman–Crippen MR) is 71.1 cm³/mol. The summed E-state index contributed by atoms with van der Waals surface area (Å²) in [6.07, 6.45) is 0. The number of anilines is 1. The van der Waals surface area contributed by atoms with Gasteiger partial charge in [0, 0.05) is 5.69 Å². The Morgan fingerprint density at radius 1 is 1.29 bits per heavy atom. The van der Waals surface area contributed by atoms with E-state index in [1.165, 1.54) is 5.56 Å². The van der Waals surface area contributed by atoms with E-state index in [9.17, 15) is 4.79 Å². The lowest BCUT2D eigenvalue weighted by Crippen LogP contribution is -2.27. The Bertz CT molecular complexity index is 491. The second-order valence-electron chi connectivity index (χ2n) is 3.90. The smallest absolute Gasteiger partial charge is 0.244 e. The minimum Gasteiger partial charge on any atom is -0.370 e. The summed E-state index contributed by atoms with van der Waals surface area (Å²) in [5, 5.41) is 7.00. The van der Waals surface area contributed by atoms with Gasteiger partial charge in [-0.3, -0.25) is 4.79 Å². The Morgan fingerprint density at radius 3 is 2.53 bits per heavy atom. The molecule has 0 saturated carbocycles. The Balaban J connectivity index is 2.19. The molecule has 1 unspecified atom stereocenters. The maximum Gasteiger partial charge on any atom is 0.244 e. The standard InChI is InChI=1S/C13H14N2OS/c1-9-2-4-11(5-3-9)15-12(13(14)16)10-6-7-17-8-10/h2-8,12,15H,1H3,(H2,14,16). The van der Waals surface area contributed by atoms with Gasteiger partial charge in [-0.05, 0) is 41.4 Å². The number of rotatable bonds is 4. The maximum atomic E-state index is 11.4. The minimum atomic E-state index is -0.469. The minimum absolute atomic E-state index is 0.371. The zero-order valence-corrected chi connectivity index (χ0v) is 10.3. The quantitative estimate of drug-likeness (QED) is 0.871. The number of carbonyl (C=O) groups excluding carboxylic acids is 1. The maximum absolute atomic E-state index is 11.4. The van der Waals surface area contributed by atoms with Crippen LogP contribution in [0.4, 0.5) is 5.69 Å². The number of primary amides is 1. The van der Waals surface area contributed by atoms with Crippen molar-refractivity contribution in [2.75, 3.05) is 5.32 Å². The van der Waals surface area contributed by atoms with Crippen LogP contribution in [0.2, 0.25) is 0 Å². The van der Waals surface area contributed by atoms with Crippen molar-refractivity contribution in [3.05, 3.63) is 52.2 Å². The molecule has 88 valence electrons. The molecule has 1 heterocycles. The van der Waals surface area contributed by atoms with Crippen LogP contribution in [0, 0.1) is 6.92 Å². The number of hydrogen-bond acceptors (Lipinski definition) is 3. The molecule has 1 amide bonds. The molecule has 1 aromatic carbocycles. The molecule has 2 aromatic rings. The lowest BCUT2D eigenvalue weighted by molar-refractivity contribution is -0.118. The first-order chi connectivity index (χ1) is 8.16. The second-order valence-corrected chi connectivity index (χ2v) is 4.68. The molecule has 0 aliphatic carbocycles. The van der Waals surface area contributed by atoms with Crippen LogP contribution < -0.4 is 11.1 Å². The Morgan fingerprint density at radius 2 is 2.00 bits per heavy atom. The molecule has 0 bridgehead atoms. The van der Waals surface area contributed by atoms with Crippen LogP contribution in [-0.4, -0.2) is 5.91 Å². The highest BCUT2D eigenvalue weighted by molar-refractivity contribution is 7.08. The second kappa shape index (κ2) is 5.01. The lowest BCUT2D eigenvalue weighted by Gasteiger charge is -2.15. The Kier molecular flexibility index (Phi) is 3.44. The summed E-state index contributed by atoms with van der Waals surface area (Å²) in [5.41, 5.74) is 8.39. The van der Waals surface area contributed by atoms with Gasteiger partial charge in [-0.15, -0.1) is 0 Å². The van der Waals surface area contributed by atoms with E-state index in [1.807, 2.05) is 48.0 Å². The van der Waals surface area contributed by atoms with Crippen molar-refractivity contribution in [1.29, 1.82) is 0 Å². The molecular weight excluding hydrogens is 232 g/mol. The summed E-state index contributed by atoms with van der Waals surface area (Å²) in [6.45, 7) is 2.02. The number of thiophene rings is 1. The topological polar surface area (TPSA) is 55.1 Å². The van der Waals surface area contributed by atoms with Crippen molar-refractivity contribution in [2.45, 2.75) is 13.0 Å². The number of aryl methyl sites for hydroxylation is 1. The van der Waals surface area contributed by atoms with Gasteiger partial charge in [0.05, 0.1) is 0 Å². The van der Waals surface area contributed by atoms with Gasteiger partial charge in [-0.1, -0.05) is 17.7 Å². The highest BCUT2D eigenvalue weighted by Crippen LogP contribution is 2.21. The van der Waals surface area contributed by atoms with Crippen molar-refractivity contribution in [3.8, 4) is 0 Å². The van der Waals surface area contributed by atoms with E-state index < -0.39 is 6.04 Å². The summed E-state index contributed by atoms with van der Waals surface area (Å²) in [5.74, 6) is -0.371. The number of benzene rings is 1. The van der Waals surface area contributed by atoms with E-state index in [0.717, 1.165) is 11.3 Å². The molecule has 0 radical (unpaired) electrons. The molecular formula is C13H14N2OS. The molecule has 0 aliphatic rings. The summed E-state index contributed by atoms with van der Waals surface area (Å²) in [6, 6.07) is 9.31. The summed E-state index contributed by atoms with van der Waals surface area (Å²) in [7, 11) is 0. The molecule has 0 spiro atoms. The Labute approximate surface area is 104 Å². The summed E-state index contributed by atoms with van der Waals surface area (Å²) >= 11 is 1.55. The van der Waals surface area contributed by atoms with Gasteiger partial charge in [0.25, 0.3) is 0 Å². The van der Waals surface area contributed by atoms with E-state index in [-0.39, 0.29) is 5.91 Å². The van der Waals surface area contributed by atoms with Gasteiger partial charge >= 0.3 is 0 Å². The van der Waals surface area contributed by atoms with Crippen LogP contribution in [0.1, 0.15) is 17.2 Å². The van der Waals surface area contributed by atoms with Gasteiger partial charge in [0.15, 0.2) is 0 Å². The summed E-state index contributed by atoms with van der Waals surface area (Å²) < 4.78 is 0.